The zero-order valence-electron chi connectivity index (χ0n) is 16.4. The summed E-state index contributed by atoms with van der Waals surface area (Å²) in [4.78, 5) is 24.7. The Labute approximate surface area is 167 Å². The van der Waals surface area contributed by atoms with Crippen molar-refractivity contribution in [2.75, 3.05) is 25.5 Å². The number of fused-ring (bicyclic) bond motifs is 1. The number of furan rings is 1. The fourth-order valence-corrected chi connectivity index (χ4v) is 3.37. The van der Waals surface area contributed by atoms with Gasteiger partial charge in [-0.25, -0.2) is 9.87 Å². The van der Waals surface area contributed by atoms with Crippen LogP contribution in [0.3, 0.4) is 0 Å². The molecular formula is C21H23FN4O3. The van der Waals surface area contributed by atoms with Crippen molar-refractivity contribution in [2.24, 2.45) is 0 Å². The molecule has 29 heavy (non-hydrogen) atoms. The van der Waals surface area contributed by atoms with Crippen LogP contribution in [-0.2, 0) is 4.84 Å². The molecule has 3 heterocycles. The Morgan fingerprint density at radius 3 is 2.86 bits per heavy atom. The number of piperidine rings is 1. The fraction of sp³-hybridized carbons (Fsp3) is 0.333. The number of benzene rings is 1. The van der Waals surface area contributed by atoms with Crippen molar-refractivity contribution in [3.63, 3.8) is 0 Å². The first kappa shape index (κ1) is 19.4. The number of aromatic nitrogens is 1. The summed E-state index contributed by atoms with van der Waals surface area (Å²) in [7, 11) is 2.05. The molecule has 1 aliphatic heterocycles. The van der Waals surface area contributed by atoms with Crippen LogP contribution in [0.1, 0.15) is 29.0 Å². The molecule has 1 aliphatic rings. The molecule has 0 atom stereocenters. The van der Waals surface area contributed by atoms with Crippen molar-refractivity contribution in [1.82, 2.24) is 15.4 Å². The van der Waals surface area contributed by atoms with Gasteiger partial charge in [0.1, 0.15) is 17.1 Å². The summed E-state index contributed by atoms with van der Waals surface area (Å²) in [6.07, 6.45) is 4.76. The Morgan fingerprint density at radius 2 is 2.10 bits per heavy atom. The molecule has 3 aromatic rings. The minimum atomic E-state index is -0.532. The molecule has 8 heteroatoms. The first-order valence-corrected chi connectivity index (χ1v) is 9.55. The largest absolute Gasteiger partial charge is 0.448 e. The quantitative estimate of drug-likeness (QED) is 0.637. The van der Waals surface area contributed by atoms with Gasteiger partial charge in [-0.05, 0) is 50.6 Å². The van der Waals surface area contributed by atoms with E-state index in [0.717, 1.165) is 31.5 Å². The SMILES string of the molecule is Cc1ccc(Nc2c(C(=O)NOC3CCN(C)CC3)oc3ccncc23)c(F)c1. The van der Waals surface area contributed by atoms with Gasteiger partial charge < -0.3 is 14.6 Å². The van der Waals surface area contributed by atoms with E-state index < -0.39 is 11.7 Å². The summed E-state index contributed by atoms with van der Waals surface area (Å²) in [5.41, 5.74) is 4.35. The molecule has 1 fully saturated rings. The van der Waals surface area contributed by atoms with Gasteiger partial charge in [0.15, 0.2) is 0 Å². The number of nitrogens with one attached hydrogen (secondary N) is 2. The number of hydroxylamine groups is 1. The van der Waals surface area contributed by atoms with Crippen LogP contribution in [0.25, 0.3) is 11.0 Å². The number of pyridine rings is 1. The second-order valence-electron chi connectivity index (χ2n) is 7.34. The van der Waals surface area contributed by atoms with Crippen LogP contribution in [0.4, 0.5) is 15.8 Å². The number of nitrogens with zero attached hydrogens (tertiary/aromatic N) is 2. The van der Waals surface area contributed by atoms with E-state index in [1.807, 2.05) is 6.92 Å². The number of rotatable bonds is 5. The van der Waals surface area contributed by atoms with Crippen LogP contribution in [0.15, 0.2) is 41.1 Å². The summed E-state index contributed by atoms with van der Waals surface area (Å²) >= 11 is 0. The van der Waals surface area contributed by atoms with E-state index in [9.17, 15) is 9.18 Å². The number of hydrogen-bond acceptors (Lipinski definition) is 6. The molecule has 152 valence electrons. The molecule has 2 aromatic heterocycles. The molecule has 0 saturated carbocycles. The van der Waals surface area contributed by atoms with Crippen molar-refractivity contribution < 1.29 is 18.4 Å². The first-order chi connectivity index (χ1) is 14.0. The molecule has 2 N–H and O–H groups in total. The zero-order chi connectivity index (χ0) is 20.4. The monoisotopic (exact) mass is 398 g/mol. The molecular weight excluding hydrogens is 375 g/mol. The minimum absolute atomic E-state index is 0.0147. The fourth-order valence-electron chi connectivity index (χ4n) is 3.37. The van der Waals surface area contributed by atoms with Gasteiger partial charge in [-0.1, -0.05) is 6.07 Å². The second kappa shape index (κ2) is 8.18. The molecule has 1 aromatic carbocycles. The van der Waals surface area contributed by atoms with Crippen LogP contribution in [0.5, 0.6) is 0 Å². The Balaban J connectivity index is 1.58. The van der Waals surface area contributed by atoms with Crippen molar-refractivity contribution in [3.8, 4) is 0 Å². The van der Waals surface area contributed by atoms with E-state index in [-0.39, 0.29) is 17.6 Å². The highest BCUT2D eigenvalue weighted by Gasteiger charge is 2.24. The van der Waals surface area contributed by atoms with Gasteiger partial charge in [0.25, 0.3) is 0 Å². The van der Waals surface area contributed by atoms with E-state index >= 15 is 0 Å². The van der Waals surface area contributed by atoms with Crippen LogP contribution in [0, 0.1) is 12.7 Å². The van der Waals surface area contributed by atoms with Gasteiger partial charge >= 0.3 is 5.91 Å². The summed E-state index contributed by atoms with van der Waals surface area (Å²) in [6.45, 7) is 3.63. The number of amides is 1. The number of carbonyl (C=O) groups is 1. The lowest BCUT2D eigenvalue weighted by Gasteiger charge is -2.28. The van der Waals surface area contributed by atoms with E-state index in [2.05, 4.69) is 27.7 Å². The van der Waals surface area contributed by atoms with E-state index in [1.54, 1.807) is 30.6 Å². The smallest absolute Gasteiger partial charge is 0.312 e. The van der Waals surface area contributed by atoms with Crippen LogP contribution < -0.4 is 10.8 Å². The van der Waals surface area contributed by atoms with Gasteiger partial charge in [0.05, 0.1) is 17.2 Å². The molecule has 1 amide bonds. The highest BCUT2D eigenvalue weighted by Crippen LogP contribution is 2.33. The van der Waals surface area contributed by atoms with Gasteiger partial charge in [-0.15, -0.1) is 0 Å². The van der Waals surface area contributed by atoms with E-state index in [4.69, 9.17) is 9.25 Å². The highest BCUT2D eigenvalue weighted by atomic mass is 19.1. The van der Waals surface area contributed by atoms with Crippen molar-refractivity contribution >= 4 is 28.3 Å². The lowest BCUT2D eigenvalue weighted by atomic mass is 10.1. The van der Waals surface area contributed by atoms with Crippen molar-refractivity contribution in [2.45, 2.75) is 25.9 Å². The van der Waals surface area contributed by atoms with Gasteiger partial charge in [-0.3, -0.25) is 14.6 Å². The van der Waals surface area contributed by atoms with E-state index in [1.165, 1.54) is 6.07 Å². The standard InChI is InChI=1S/C21H23FN4O3/c1-13-3-4-17(16(22)11-13)24-19-15-12-23-8-5-18(15)28-20(19)21(27)25-29-14-6-9-26(2)10-7-14/h3-5,8,11-12,14,24H,6-7,9-10H2,1-2H3,(H,25,27). The number of likely N-dealkylation sites (tertiary alicyclic amines) is 1. The van der Waals surface area contributed by atoms with Crippen LogP contribution in [0.2, 0.25) is 0 Å². The minimum Gasteiger partial charge on any atom is -0.448 e. The zero-order valence-corrected chi connectivity index (χ0v) is 16.4. The number of aryl methyl sites for hydroxylation is 1. The maximum Gasteiger partial charge on any atom is 0.312 e. The Bertz CT molecular complexity index is 1030. The first-order valence-electron chi connectivity index (χ1n) is 9.55. The lowest BCUT2D eigenvalue weighted by Crippen LogP contribution is -2.38. The second-order valence-corrected chi connectivity index (χ2v) is 7.34. The lowest BCUT2D eigenvalue weighted by molar-refractivity contribution is -0.0409. The Morgan fingerprint density at radius 1 is 1.31 bits per heavy atom. The summed E-state index contributed by atoms with van der Waals surface area (Å²) < 4.78 is 20.1. The van der Waals surface area contributed by atoms with Gasteiger partial charge in [0.2, 0.25) is 5.76 Å². The number of hydrogen-bond donors (Lipinski definition) is 2. The summed E-state index contributed by atoms with van der Waals surface area (Å²) in [6, 6.07) is 6.48. The highest BCUT2D eigenvalue weighted by molar-refractivity contribution is 6.06. The molecule has 7 nitrogen and oxygen atoms in total. The average Bonchev–Trinajstić information content (AvgIpc) is 3.08. The third kappa shape index (κ3) is 4.23. The maximum absolute atomic E-state index is 14.4. The van der Waals surface area contributed by atoms with Crippen molar-refractivity contribution in [1.29, 1.82) is 0 Å². The van der Waals surface area contributed by atoms with Crippen molar-refractivity contribution in [3.05, 3.63) is 53.8 Å². The normalized spacial score (nSPS) is 15.6. The number of anilines is 2. The Kier molecular flexibility index (Phi) is 5.46. The molecule has 0 radical (unpaired) electrons. The van der Waals surface area contributed by atoms with Gasteiger partial charge in [-0.2, -0.15) is 0 Å². The molecule has 0 bridgehead atoms. The molecule has 0 aliphatic carbocycles. The average molecular weight is 398 g/mol. The summed E-state index contributed by atoms with van der Waals surface area (Å²) in [5.74, 6) is -0.937. The predicted octanol–water partition coefficient (Wildman–Crippen LogP) is 3.77. The summed E-state index contributed by atoms with van der Waals surface area (Å²) in [5, 5.41) is 3.56. The number of halogens is 1. The van der Waals surface area contributed by atoms with Gasteiger partial charge in [0, 0.05) is 25.5 Å². The predicted molar refractivity (Wildman–Crippen MR) is 107 cm³/mol. The number of carbonyl (C=O) groups excluding carboxylic acids is 1. The van der Waals surface area contributed by atoms with Crippen LogP contribution in [-0.4, -0.2) is 42.0 Å². The molecule has 4 rings (SSSR count). The van der Waals surface area contributed by atoms with E-state index in [0.29, 0.717) is 16.7 Å². The topological polar surface area (TPSA) is 79.6 Å². The third-order valence-corrected chi connectivity index (χ3v) is 5.06. The maximum atomic E-state index is 14.4. The third-order valence-electron chi connectivity index (χ3n) is 5.06. The molecule has 1 saturated heterocycles. The molecule has 0 unspecified atom stereocenters. The van der Waals surface area contributed by atoms with Crippen LogP contribution >= 0.6 is 0 Å². The Hall–Kier alpha value is -2.97. The molecule has 0 spiro atoms.